The van der Waals surface area contributed by atoms with Gasteiger partial charge in [0.15, 0.2) is 0 Å². The third kappa shape index (κ3) is 5.47. The number of hydrogen-bond acceptors (Lipinski definition) is 5. The molecule has 0 saturated carbocycles. The van der Waals surface area contributed by atoms with Crippen molar-refractivity contribution in [1.29, 1.82) is 0 Å². The van der Waals surface area contributed by atoms with Crippen molar-refractivity contribution < 1.29 is 14.4 Å². The largest absolute Gasteiger partial charge is 0.439 e. The Kier molecular flexibility index (Phi) is 7.28. The summed E-state index contributed by atoms with van der Waals surface area (Å²) in [6.45, 7) is 4.42. The molecule has 0 bridgehead atoms. The van der Waals surface area contributed by atoms with Crippen LogP contribution in [0.1, 0.15) is 37.0 Å². The summed E-state index contributed by atoms with van der Waals surface area (Å²) in [4.78, 5) is 22.2. The van der Waals surface area contributed by atoms with Crippen molar-refractivity contribution in [3.05, 3.63) is 48.2 Å². The maximum absolute atomic E-state index is 11.9. The molecule has 0 aliphatic heterocycles. The predicted molar refractivity (Wildman–Crippen MR) is 100 cm³/mol. The second-order valence-electron chi connectivity index (χ2n) is 5.50. The summed E-state index contributed by atoms with van der Waals surface area (Å²) in [5.74, 6) is 0.899. The molecule has 0 atom stereocenters. The van der Waals surface area contributed by atoms with Gasteiger partial charge in [0, 0.05) is 29.5 Å². The highest BCUT2D eigenvalue weighted by atomic mass is 32.2. The van der Waals surface area contributed by atoms with Gasteiger partial charge in [0.1, 0.15) is 5.75 Å². The minimum atomic E-state index is -0.260. The van der Waals surface area contributed by atoms with Crippen LogP contribution < -0.4 is 4.74 Å². The Labute approximate surface area is 153 Å². The van der Waals surface area contributed by atoms with E-state index < -0.39 is 0 Å². The Morgan fingerprint density at radius 3 is 2.36 bits per heavy atom. The van der Waals surface area contributed by atoms with Crippen LogP contribution in [0.3, 0.4) is 0 Å². The molecule has 5 nitrogen and oxygen atoms in total. The molecule has 0 fully saturated rings. The lowest BCUT2D eigenvalue weighted by atomic mass is 10.2. The van der Waals surface area contributed by atoms with E-state index in [1.165, 1.54) is 18.2 Å². The molecule has 134 valence electrons. The maximum atomic E-state index is 11.9. The summed E-state index contributed by atoms with van der Waals surface area (Å²) in [6.07, 6.45) is 3.80. The molecule has 1 aromatic carbocycles. The molecule has 2 rings (SSSR count). The molecule has 6 heteroatoms. The number of carbonyl (C=O) groups is 1. The van der Waals surface area contributed by atoms with Gasteiger partial charge in [-0.15, -0.1) is 11.8 Å². The zero-order chi connectivity index (χ0) is 18.2. The van der Waals surface area contributed by atoms with Crippen LogP contribution in [0, 0.1) is 0 Å². The number of nitrogens with zero attached hydrogens (tertiary/aromatic N) is 2. The Morgan fingerprint density at radius 1 is 1.16 bits per heavy atom. The Hall–Kier alpha value is -2.05. The average molecular weight is 360 g/mol. The van der Waals surface area contributed by atoms with Gasteiger partial charge in [0.25, 0.3) is 5.91 Å². The fourth-order valence-electron chi connectivity index (χ4n) is 2.19. The zero-order valence-electron chi connectivity index (χ0n) is 15.1. The molecular weight excluding hydrogens is 336 g/mol. The normalized spacial score (nSPS) is 10.8. The Bertz CT molecular complexity index is 670. The first-order chi connectivity index (χ1) is 12.1. The van der Waals surface area contributed by atoms with Crippen LogP contribution >= 0.6 is 11.8 Å². The quantitative estimate of drug-likeness (QED) is 0.500. The van der Waals surface area contributed by atoms with Crippen LogP contribution in [0.5, 0.6) is 11.6 Å². The van der Waals surface area contributed by atoms with Crippen LogP contribution in [-0.2, 0) is 4.84 Å². The van der Waals surface area contributed by atoms with Crippen LogP contribution in [0.4, 0.5) is 0 Å². The monoisotopic (exact) mass is 360 g/mol. The van der Waals surface area contributed by atoms with E-state index in [0.717, 1.165) is 23.7 Å². The smallest absolute Gasteiger partial charge is 0.278 e. The van der Waals surface area contributed by atoms with Crippen molar-refractivity contribution in [2.45, 2.75) is 36.8 Å². The number of benzene rings is 1. The minimum Gasteiger partial charge on any atom is -0.439 e. The summed E-state index contributed by atoms with van der Waals surface area (Å²) in [6, 6.07) is 11.3. The van der Waals surface area contributed by atoms with E-state index in [1.807, 2.05) is 23.9 Å². The first-order valence-corrected chi connectivity index (χ1v) is 9.18. The number of pyridine rings is 1. The standard InChI is InChI=1S/C19H24N2O3S/c1-5-16(6-2)25-17-10-8-15(9-11-17)24-18-12-7-14(13-20-18)19(22)21(3)23-4/h7-13,16H,5-6H2,1-4H3. The lowest BCUT2D eigenvalue weighted by Gasteiger charge is -2.13. The highest BCUT2D eigenvalue weighted by Crippen LogP contribution is 2.29. The second kappa shape index (κ2) is 9.44. The Morgan fingerprint density at radius 2 is 1.84 bits per heavy atom. The van der Waals surface area contributed by atoms with E-state index in [4.69, 9.17) is 9.57 Å². The number of thioether (sulfide) groups is 1. The van der Waals surface area contributed by atoms with Crippen molar-refractivity contribution in [1.82, 2.24) is 10.0 Å². The summed E-state index contributed by atoms with van der Waals surface area (Å²) < 4.78 is 5.74. The molecule has 25 heavy (non-hydrogen) atoms. The molecule has 1 amide bonds. The number of rotatable bonds is 8. The van der Waals surface area contributed by atoms with Gasteiger partial charge in [-0.3, -0.25) is 9.63 Å². The molecule has 0 radical (unpaired) electrons. The Balaban J connectivity index is 1.99. The summed E-state index contributed by atoms with van der Waals surface area (Å²) in [5.41, 5.74) is 0.439. The topological polar surface area (TPSA) is 51.7 Å². The van der Waals surface area contributed by atoms with Gasteiger partial charge >= 0.3 is 0 Å². The number of aromatic nitrogens is 1. The highest BCUT2D eigenvalue weighted by Gasteiger charge is 2.12. The number of ether oxygens (including phenoxy) is 1. The van der Waals surface area contributed by atoms with Gasteiger partial charge in [-0.2, -0.15) is 0 Å². The van der Waals surface area contributed by atoms with E-state index in [1.54, 1.807) is 19.2 Å². The van der Waals surface area contributed by atoms with E-state index in [-0.39, 0.29) is 5.91 Å². The van der Waals surface area contributed by atoms with Gasteiger partial charge in [-0.25, -0.2) is 10.0 Å². The van der Waals surface area contributed by atoms with Crippen LogP contribution in [0.2, 0.25) is 0 Å². The van der Waals surface area contributed by atoms with Crippen molar-refractivity contribution in [3.63, 3.8) is 0 Å². The fourth-order valence-corrected chi connectivity index (χ4v) is 3.20. The molecule has 0 saturated heterocycles. The number of hydroxylamine groups is 2. The third-order valence-corrected chi connectivity index (χ3v) is 5.35. The molecule has 1 heterocycles. The molecule has 0 aliphatic rings. The SMILES string of the molecule is CCC(CC)Sc1ccc(Oc2ccc(C(=O)N(C)OC)cn2)cc1. The minimum absolute atomic E-state index is 0.260. The van der Waals surface area contributed by atoms with Crippen LogP contribution in [0.25, 0.3) is 0 Å². The van der Waals surface area contributed by atoms with Gasteiger partial charge in [0.2, 0.25) is 5.88 Å². The molecular formula is C19H24N2O3S. The first kappa shape index (κ1) is 19.3. The summed E-state index contributed by atoms with van der Waals surface area (Å²) in [7, 11) is 2.99. The molecule has 2 aromatic rings. The van der Waals surface area contributed by atoms with Gasteiger partial charge in [0.05, 0.1) is 12.7 Å². The van der Waals surface area contributed by atoms with Crippen molar-refractivity contribution in [3.8, 4) is 11.6 Å². The first-order valence-electron chi connectivity index (χ1n) is 8.30. The second-order valence-corrected chi connectivity index (χ2v) is 6.87. The van der Waals surface area contributed by atoms with E-state index in [2.05, 4.69) is 31.0 Å². The number of amides is 1. The maximum Gasteiger partial charge on any atom is 0.278 e. The van der Waals surface area contributed by atoms with E-state index in [0.29, 0.717) is 16.7 Å². The van der Waals surface area contributed by atoms with Crippen LogP contribution in [0.15, 0.2) is 47.5 Å². The van der Waals surface area contributed by atoms with E-state index in [9.17, 15) is 4.79 Å². The van der Waals surface area contributed by atoms with Crippen molar-refractivity contribution in [2.24, 2.45) is 0 Å². The predicted octanol–water partition coefficient (Wildman–Crippen LogP) is 4.79. The lowest BCUT2D eigenvalue weighted by molar-refractivity contribution is -0.0757. The highest BCUT2D eigenvalue weighted by molar-refractivity contribution is 8.00. The fraction of sp³-hybridized carbons (Fsp3) is 0.368. The molecule has 1 aromatic heterocycles. The molecule has 0 unspecified atom stereocenters. The third-order valence-electron chi connectivity index (χ3n) is 3.80. The average Bonchev–Trinajstić information content (AvgIpc) is 2.66. The molecule has 0 spiro atoms. The van der Waals surface area contributed by atoms with Crippen LogP contribution in [-0.4, -0.2) is 35.4 Å². The van der Waals surface area contributed by atoms with Gasteiger partial charge < -0.3 is 4.74 Å². The number of hydrogen-bond donors (Lipinski definition) is 0. The van der Waals surface area contributed by atoms with Crippen molar-refractivity contribution in [2.75, 3.05) is 14.2 Å². The molecule has 0 aliphatic carbocycles. The van der Waals surface area contributed by atoms with E-state index >= 15 is 0 Å². The number of carbonyl (C=O) groups excluding carboxylic acids is 1. The lowest BCUT2D eigenvalue weighted by Crippen LogP contribution is -2.25. The zero-order valence-corrected chi connectivity index (χ0v) is 15.9. The van der Waals surface area contributed by atoms with Crippen molar-refractivity contribution >= 4 is 17.7 Å². The van der Waals surface area contributed by atoms with Gasteiger partial charge in [-0.05, 0) is 43.2 Å². The van der Waals surface area contributed by atoms with Gasteiger partial charge in [-0.1, -0.05) is 13.8 Å². The molecule has 0 N–H and O–H groups in total. The summed E-state index contributed by atoms with van der Waals surface area (Å²) >= 11 is 1.89. The summed E-state index contributed by atoms with van der Waals surface area (Å²) in [5, 5.41) is 1.79.